The monoisotopic (exact) mass is 246 g/mol. The summed E-state index contributed by atoms with van der Waals surface area (Å²) in [6, 6.07) is 5.83. The van der Waals surface area contributed by atoms with Gasteiger partial charge in [0.2, 0.25) is 0 Å². The summed E-state index contributed by atoms with van der Waals surface area (Å²) in [7, 11) is 0. The minimum absolute atomic E-state index is 0.128. The van der Waals surface area contributed by atoms with Gasteiger partial charge >= 0.3 is 0 Å². The van der Waals surface area contributed by atoms with E-state index >= 15 is 0 Å². The van der Waals surface area contributed by atoms with Gasteiger partial charge in [0.1, 0.15) is 0 Å². The third kappa shape index (κ3) is 2.86. The van der Waals surface area contributed by atoms with Gasteiger partial charge in [0.25, 0.3) is 0 Å². The Morgan fingerprint density at radius 2 is 2.24 bits per heavy atom. The summed E-state index contributed by atoms with van der Waals surface area (Å²) in [5.74, 6) is 0.931. The average Bonchev–Trinajstić information content (AvgIpc) is 2.67. The molecule has 0 aliphatic heterocycles. The van der Waals surface area contributed by atoms with Gasteiger partial charge in [-0.2, -0.15) is 0 Å². The molecule has 17 heavy (non-hydrogen) atoms. The largest absolute Gasteiger partial charge is 0.294 e. The van der Waals surface area contributed by atoms with E-state index in [2.05, 4.69) is 0 Å². The zero-order valence-corrected chi connectivity index (χ0v) is 10.5. The fourth-order valence-electron chi connectivity index (χ4n) is 2.01. The average molecular weight is 246 g/mol. The number of ketones is 1. The van der Waals surface area contributed by atoms with E-state index < -0.39 is 0 Å². The molecule has 0 radical (unpaired) electrons. The number of hydrogen-bond acceptors (Lipinski definition) is 3. The molecule has 0 saturated carbocycles. The van der Waals surface area contributed by atoms with Crippen LogP contribution in [0.5, 0.6) is 0 Å². The molecule has 3 heteroatoms. The zero-order chi connectivity index (χ0) is 12.3. The molecule has 0 unspecified atom stereocenters. The Hall–Kier alpha value is -1.35. The fraction of sp³-hybridized carbons (Fsp3) is 0.286. The van der Waals surface area contributed by atoms with Crippen molar-refractivity contribution in [2.45, 2.75) is 19.8 Å². The normalized spacial score (nSPS) is 14.3. The highest BCUT2D eigenvalue weighted by molar-refractivity contribution is 8.13. The lowest BCUT2D eigenvalue weighted by Gasteiger charge is -2.02. The Morgan fingerprint density at radius 1 is 1.41 bits per heavy atom. The van der Waals surface area contributed by atoms with Crippen molar-refractivity contribution in [1.29, 1.82) is 0 Å². The standard InChI is InChI=1S/C14H14O2S/c1-10(15)17-9-3-5-11-4-2-6-13-12(11)7-8-14(13)16/h2-6H,7-9H2,1H3. The Kier molecular flexibility index (Phi) is 3.79. The van der Waals surface area contributed by atoms with Crippen molar-refractivity contribution in [3.05, 3.63) is 41.0 Å². The van der Waals surface area contributed by atoms with E-state index in [0.29, 0.717) is 12.2 Å². The van der Waals surface area contributed by atoms with Gasteiger partial charge < -0.3 is 0 Å². The molecule has 1 aliphatic carbocycles. The van der Waals surface area contributed by atoms with Gasteiger partial charge in [0, 0.05) is 24.7 Å². The van der Waals surface area contributed by atoms with Crippen LogP contribution in [0.25, 0.3) is 6.08 Å². The van der Waals surface area contributed by atoms with Gasteiger partial charge in [-0.25, -0.2) is 0 Å². The van der Waals surface area contributed by atoms with Crippen LogP contribution in [0.1, 0.15) is 34.8 Å². The maximum atomic E-state index is 11.6. The summed E-state index contributed by atoms with van der Waals surface area (Å²) in [6.07, 6.45) is 5.45. The number of carbonyl (C=O) groups is 2. The van der Waals surface area contributed by atoms with Gasteiger partial charge in [-0.15, -0.1) is 0 Å². The molecule has 1 aliphatic rings. The van der Waals surface area contributed by atoms with Crippen LogP contribution in [0.4, 0.5) is 0 Å². The first-order valence-electron chi connectivity index (χ1n) is 5.63. The van der Waals surface area contributed by atoms with Gasteiger partial charge in [-0.3, -0.25) is 9.59 Å². The molecule has 1 aromatic carbocycles. The highest BCUT2D eigenvalue weighted by Crippen LogP contribution is 2.26. The first-order chi connectivity index (χ1) is 8.18. The van der Waals surface area contributed by atoms with Crippen molar-refractivity contribution < 1.29 is 9.59 Å². The molecule has 0 spiro atoms. The molecular formula is C14H14O2S. The van der Waals surface area contributed by atoms with Crippen molar-refractivity contribution in [1.82, 2.24) is 0 Å². The second-order valence-corrected chi connectivity index (χ2v) is 5.20. The number of thioether (sulfide) groups is 1. The lowest BCUT2D eigenvalue weighted by Crippen LogP contribution is -1.91. The van der Waals surface area contributed by atoms with Gasteiger partial charge in [0.05, 0.1) is 0 Å². The zero-order valence-electron chi connectivity index (χ0n) is 9.73. The van der Waals surface area contributed by atoms with Crippen LogP contribution >= 0.6 is 11.8 Å². The highest BCUT2D eigenvalue weighted by atomic mass is 32.2. The molecule has 0 atom stereocenters. The number of carbonyl (C=O) groups excluding carboxylic acids is 2. The van der Waals surface area contributed by atoms with Crippen LogP contribution in [0.2, 0.25) is 0 Å². The quantitative estimate of drug-likeness (QED) is 0.821. The van der Waals surface area contributed by atoms with Crippen LogP contribution in [-0.4, -0.2) is 16.7 Å². The van der Waals surface area contributed by atoms with Crippen LogP contribution < -0.4 is 0 Å². The molecule has 2 rings (SSSR count). The molecule has 0 heterocycles. The van der Waals surface area contributed by atoms with E-state index in [0.717, 1.165) is 23.1 Å². The van der Waals surface area contributed by atoms with Gasteiger partial charge in [-0.1, -0.05) is 42.1 Å². The molecule has 0 N–H and O–H groups in total. The van der Waals surface area contributed by atoms with E-state index in [4.69, 9.17) is 0 Å². The Balaban J connectivity index is 2.12. The fourth-order valence-corrected chi connectivity index (χ4v) is 2.44. The van der Waals surface area contributed by atoms with Crippen LogP contribution in [0, 0.1) is 0 Å². The molecule has 0 aromatic heterocycles. The van der Waals surface area contributed by atoms with E-state index in [-0.39, 0.29) is 10.9 Å². The number of rotatable bonds is 3. The molecule has 88 valence electrons. The van der Waals surface area contributed by atoms with Crippen molar-refractivity contribution >= 4 is 28.7 Å². The smallest absolute Gasteiger partial charge is 0.186 e. The molecule has 0 amide bonds. The van der Waals surface area contributed by atoms with E-state index in [1.54, 1.807) is 6.92 Å². The third-order valence-electron chi connectivity index (χ3n) is 2.79. The summed E-state index contributed by atoms with van der Waals surface area (Å²) < 4.78 is 0. The maximum absolute atomic E-state index is 11.6. The molecular weight excluding hydrogens is 232 g/mol. The second kappa shape index (κ2) is 5.32. The molecule has 0 bridgehead atoms. The lowest BCUT2D eigenvalue weighted by molar-refractivity contribution is -0.109. The molecule has 0 fully saturated rings. The summed E-state index contributed by atoms with van der Waals surface area (Å²) in [5.41, 5.74) is 3.13. The number of fused-ring (bicyclic) bond motifs is 1. The Bertz CT molecular complexity index is 489. The third-order valence-corrected chi connectivity index (χ3v) is 3.56. The van der Waals surface area contributed by atoms with E-state index in [9.17, 15) is 9.59 Å². The lowest BCUT2D eigenvalue weighted by atomic mass is 10.0. The summed E-state index contributed by atoms with van der Waals surface area (Å²) in [5, 5.41) is 0.128. The maximum Gasteiger partial charge on any atom is 0.186 e. The van der Waals surface area contributed by atoms with Gasteiger partial charge in [0.15, 0.2) is 10.9 Å². The predicted molar refractivity (Wildman–Crippen MR) is 71.3 cm³/mol. The van der Waals surface area contributed by atoms with Crippen LogP contribution in [0.3, 0.4) is 0 Å². The Morgan fingerprint density at radius 3 is 3.00 bits per heavy atom. The highest BCUT2D eigenvalue weighted by Gasteiger charge is 2.20. The Labute approximate surface area is 105 Å². The van der Waals surface area contributed by atoms with Crippen molar-refractivity contribution in [3.63, 3.8) is 0 Å². The number of hydrogen-bond donors (Lipinski definition) is 0. The van der Waals surface area contributed by atoms with Crippen LogP contribution in [-0.2, 0) is 11.2 Å². The summed E-state index contributed by atoms with van der Waals surface area (Å²) in [4.78, 5) is 22.3. The van der Waals surface area contributed by atoms with Crippen LogP contribution in [0.15, 0.2) is 24.3 Å². The van der Waals surface area contributed by atoms with Crippen molar-refractivity contribution in [2.24, 2.45) is 0 Å². The number of benzene rings is 1. The second-order valence-electron chi connectivity index (χ2n) is 4.00. The summed E-state index contributed by atoms with van der Waals surface area (Å²) in [6.45, 7) is 1.57. The topological polar surface area (TPSA) is 34.1 Å². The molecule has 0 saturated heterocycles. The van der Waals surface area contributed by atoms with Crippen molar-refractivity contribution in [3.8, 4) is 0 Å². The van der Waals surface area contributed by atoms with Gasteiger partial charge in [-0.05, 0) is 17.5 Å². The summed E-state index contributed by atoms with van der Waals surface area (Å²) >= 11 is 1.29. The predicted octanol–water partition coefficient (Wildman–Crippen LogP) is 3.11. The first-order valence-corrected chi connectivity index (χ1v) is 6.62. The van der Waals surface area contributed by atoms with E-state index in [1.807, 2.05) is 30.4 Å². The SMILES string of the molecule is CC(=O)SCC=Cc1cccc2c1CCC2=O. The molecule has 2 nitrogen and oxygen atoms in total. The minimum atomic E-state index is 0.128. The van der Waals surface area contributed by atoms with Crippen molar-refractivity contribution in [2.75, 3.05) is 5.75 Å². The van der Waals surface area contributed by atoms with E-state index in [1.165, 1.54) is 11.8 Å². The minimum Gasteiger partial charge on any atom is -0.294 e. The first kappa shape index (κ1) is 12.1. The molecule has 1 aromatic rings. The number of Topliss-reactive ketones (excluding diaryl/α,β-unsaturated/α-hetero) is 1.